The fourth-order valence-electron chi connectivity index (χ4n) is 3.55. The number of hydrogen-bond acceptors (Lipinski definition) is 3. The summed E-state index contributed by atoms with van der Waals surface area (Å²) < 4.78 is 0.701. The first kappa shape index (κ1) is 19.6. The van der Waals surface area contributed by atoms with Gasteiger partial charge in [0.1, 0.15) is 0 Å². The van der Waals surface area contributed by atoms with Gasteiger partial charge in [-0.15, -0.1) is 0 Å². The lowest BCUT2D eigenvalue weighted by atomic mass is 9.94. The number of fused-ring (bicyclic) bond motifs is 1. The average Bonchev–Trinajstić information content (AvgIpc) is 2.56. The molecule has 0 amide bonds. The van der Waals surface area contributed by atoms with Crippen LogP contribution < -0.4 is 21.5 Å². The molecular weight excluding hydrogens is 378 g/mol. The van der Waals surface area contributed by atoms with Gasteiger partial charge < -0.3 is 22.1 Å². The summed E-state index contributed by atoms with van der Waals surface area (Å²) in [4.78, 5) is 0. The second-order valence-corrected chi connectivity index (χ2v) is 7.03. The van der Waals surface area contributed by atoms with Crippen molar-refractivity contribution >= 4 is 17.1 Å². The fraction of sp³-hybridized carbons (Fsp3) is 0.400. The molecule has 0 aromatic heterocycles. The van der Waals surface area contributed by atoms with Crippen molar-refractivity contribution in [3.63, 3.8) is 0 Å². The smallest absolute Gasteiger partial charge is 0.180 e. The summed E-state index contributed by atoms with van der Waals surface area (Å²) in [6, 6.07) is 11.8. The van der Waals surface area contributed by atoms with Gasteiger partial charge in [-0.1, -0.05) is 31.5 Å². The molecule has 0 radical (unpaired) electrons. The third-order valence-corrected chi connectivity index (χ3v) is 4.73. The monoisotopic (exact) mass is 403 g/mol. The molecule has 4 nitrogen and oxygen atoms in total. The Morgan fingerprint density at radius 3 is 2.52 bits per heavy atom. The SMILES string of the molecule is CCCc1cc(/N=N/c2ccccc2)c2c(c1O)[N+](C)(C)CCC2.[Br-]. The summed E-state index contributed by atoms with van der Waals surface area (Å²) in [6.07, 6.45) is 3.89. The van der Waals surface area contributed by atoms with Gasteiger partial charge in [-0.2, -0.15) is 10.2 Å². The van der Waals surface area contributed by atoms with Crippen molar-refractivity contribution in [2.45, 2.75) is 32.6 Å². The molecule has 1 heterocycles. The van der Waals surface area contributed by atoms with Crippen LogP contribution in [-0.4, -0.2) is 25.7 Å². The lowest BCUT2D eigenvalue weighted by Gasteiger charge is -2.36. The maximum absolute atomic E-state index is 10.8. The van der Waals surface area contributed by atoms with Crippen LogP contribution in [0.2, 0.25) is 0 Å². The zero-order valence-electron chi connectivity index (χ0n) is 15.2. The molecule has 0 saturated heterocycles. The number of nitrogens with zero attached hydrogens (tertiary/aromatic N) is 3. The van der Waals surface area contributed by atoms with E-state index in [0.717, 1.165) is 60.4 Å². The van der Waals surface area contributed by atoms with Gasteiger partial charge in [0.25, 0.3) is 0 Å². The van der Waals surface area contributed by atoms with Crippen molar-refractivity contribution in [3.8, 4) is 5.75 Å². The maximum atomic E-state index is 10.8. The van der Waals surface area contributed by atoms with Crippen molar-refractivity contribution in [1.29, 1.82) is 0 Å². The fourth-order valence-corrected chi connectivity index (χ4v) is 3.55. The predicted molar refractivity (Wildman–Crippen MR) is 99.5 cm³/mol. The van der Waals surface area contributed by atoms with Crippen LogP contribution in [0, 0.1) is 0 Å². The number of phenols is 1. The summed E-state index contributed by atoms with van der Waals surface area (Å²) in [7, 11) is 4.32. The molecule has 2 aromatic carbocycles. The quantitative estimate of drug-likeness (QED) is 0.617. The Morgan fingerprint density at radius 1 is 1.12 bits per heavy atom. The zero-order chi connectivity index (χ0) is 17.2. The predicted octanol–water partition coefficient (Wildman–Crippen LogP) is 2.28. The lowest BCUT2D eigenvalue weighted by Crippen LogP contribution is -3.00. The van der Waals surface area contributed by atoms with Crippen LogP contribution in [0.3, 0.4) is 0 Å². The first-order chi connectivity index (χ1) is 11.5. The molecule has 2 aromatic rings. The topological polar surface area (TPSA) is 45.0 Å². The van der Waals surface area contributed by atoms with Crippen molar-refractivity contribution in [2.75, 3.05) is 20.6 Å². The third-order valence-electron chi connectivity index (χ3n) is 4.73. The highest BCUT2D eigenvalue weighted by atomic mass is 79.9. The number of aryl methyl sites for hydroxylation is 1. The van der Waals surface area contributed by atoms with Crippen LogP contribution in [0.5, 0.6) is 5.75 Å². The molecule has 1 aliphatic rings. The van der Waals surface area contributed by atoms with E-state index in [-0.39, 0.29) is 17.0 Å². The molecule has 0 saturated carbocycles. The van der Waals surface area contributed by atoms with Gasteiger partial charge in [-0.25, -0.2) is 0 Å². The normalized spacial score (nSPS) is 15.6. The van der Waals surface area contributed by atoms with Gasteiger partial charge in [0, 0.05) is 17.5 Å². The molecule has 0 spiro atoms. The van der Waals surface area contributed by atoms with Crippen LogP contribution in [-0.2, 0) is 12.8 Å². The summed E-state index contributed by atoms with van der Waals surface area (Å²) in [6.45, 7) is 3.16. The van der Waals surface area contributed by atoms with E-state index in [1.54, 1.807) is 0 Å². The summed E-state index contributed by atoms with van der Waals surface area (Å²) in [5, 5.41) is 19.8. The second kappa shape index (κ2) is 8.11. The van der Waals surface area contributed by atoms with Crippen LogP contribution in [0.4, 0.5) is 17.1 Å². The first-order valence-corrected chi connectivity index (χ1v) is 8.71. The number of rotatable bonds is 4. The number of benzene rings is 2. The molecule has 134 valence electrons. The summed E-state index contributed by atoms with van der Waals surface area (Å²) in [5.41, 5.74) is 4.89. The number of aromatic hydroxyl groups is 1. The van der Waals surface area contributed by atoms with Crippen LogP contribution in [0.25, 0.3) is 0 Å². The summed E-state index contributed by atoms with van der Waals surface area (Å²) in [5.74, 6) is 0.454. The van der Waals surface area contributed by atoms with Crippen molar-refractivity contribution < 1.29 is 22.1 Å². The second-order valence-electron chi connectivity index (χ2n) is 7.03. The Balaban J connectivity index is 0.00000225. The van der Waals surface area contributed by atoms with E-state index in [4.69, 9.17) is 0 Å². The molecule has 1 N–H and O–H groups in total. The minimum atomic E-state index is 0. The number of azo groups is 1. The minimum absolute atomic E-state index is 0. The highest BCUT2D eigenvalue weighted by Crippen LogP contribution is 2.46. The Morgan fingerprint density at radius 2 is 1.84 bits per heavy atom. The highest BCUT2D eigenvalue weighted by Gasteiger charge is 2.34. The van der Waals surface area contributed by atoms with Crippen LogP contribution in [0.1, 0.15) is 30.9 Å². The Kier molecular flexibility index (Phi) is 6.36. The van der Waals surface area contributed by atoms with Crippen molar-refractivity contribution in [1.82, 2.24) is 4.48 Å². The molecule has 25 heavy (non-hydrogen) atoms. The van der Waals surface area contributed by atoms with Gasteiger partial charge in [0.2, 0.25) is 0 Å². The molecule has 0 bridgehead atoms. The van der Waals surface area contributed by atoms with Crippen LogP contribution >= 0.6 is 0 Å². The summed E-state index contributed by atoms with van der Waals surface area (Å²) >= 11 is 0. The molecule has 3 rings (SSSR count). The van der Waals surface area contributed by atoms with Gasteiger partial charge >= 0.3 is 0 Å². The molecule has 0 unspecified atom stereocenters. The lowest BCUT2D eigenvalue weighted by molar-refractivity contribution is -0.00000623. The number of phenolic OH excluding ortho intramolecular Hbond substituents is 1. The van der Waals surface area contributed by atoms with E-state index in [1.807, 2.05) is 36.4 Å². The Labute approximate surface area is 160 Å². The molecule has 0 aliphatic carbocycles. The van der Waals surface area contributed by atoms with Gasteiger partial charge in [0.05, 0.1) is 32.0 Å². The van der Waals surface area contributed by atoms with E-state index in [2.05, 4.69) is 31.2 Å². The largest absolute Gasteiger partial charge is 1.00 e. The zero-order valence-corrected chi connectivity index (χ0v) is 16.8. The minimum Gasteiger partial charge on any atom is -1.00 e. The standard InChI is InChI=1S/C20H25N3O.BrH/c1-4-9-15-14-18(22-21-16-10-6-5-7-11-16)17-12-8-13-23(2,3)19(17)20(15)24;/h5-7,10-11,14H,4,8-9,12-13H2,1-3H3;1H. The van der Waals surface area contributed by atoms with E-state index < -0.39 is 0 Å². The van der Waals surface area contributed by atoms with Gasteiger partial charge in [0.15, 0.2) is 11.4 Å². The van der Waals surface area contributed by atoms with E-state index in [1.165, 1.54) is 0 Å². The maximum Gasteiger partial charge on any atom is 0.180 e. The molecule has 1 aliphatic heterocycles. The number of halogens is 1. The van der Waals surface area contributed by atoms with E-state index >= 15 is 0 Å². The molecule has 0 fully saturated rings. The van der Waals surface area contributed by atoms with Crippen LogP contribution in [0.15, 0.2) is 46.6 Å². The van der Waals surface area contributed by atoms with Crippen molar-refractivity contribution in [3.05, 3.63) is 47.5 Å². The molecule has 5 heteroatoms. The number of quaternary nitrogens is 1. The van der Waals surface area contributed by atoms with Gasteiger partial charge in [-0.05, 0) is 31.0 Å². The Hall–Kier alpha value is -1.72. The van der Waals surface area contributed by atoms with E-state index in [0.29, 0.717) is 10.2 Å². The average molecular weight is 404 g/mol. The number of hydrogen-bond donors (Lipinski definition) is 1. The van der Waals surface area contributed by atoms with Crippen molar-refractivity contribution in [2.24, 2.45) is 10.2 Å². The van der Waals surface area contributed by atoms with E-state index in [9.17, 15) is 5.11 Å². The molecule has 0 atom stereocenters. The Bertz CT molecular complexity index is 757. The molecular formula is C20H26BrN3O. The first-order valence-electron chi connectivity index (χ1n) is 8.71. The third kappa shape index (κ3) is 4.10. The van der Waals surface area contributed by atoms with Gasteiger partial charge in [-0.3, -0.25) is 4.48 Å². The highest BCUT2D eigenvalue weighted by molar-refractivity contribution is 5.73.